The summed E-state index contributed by atoms with van der Waals surface area (Å²) in [7, 11) is 0. The van der Waals surface area contributed by atoms with Crippen molar-refractivity contribution >= 4 is 16.3 Å². The highest BCUT2D eigenvalue weighted by atomic mass is 32.1. The van der Waals surface area contributed by atoms with Gasteiger partial charge in [0.2, 0.25) is 0 Å². The summed E-state index contributed by atoms with van der Waals surface area (Å²) in [5.41, 5.74) is 8.84. The van der Waals surface area contributed by atoms with Crippen molar-refractivity contribution in [1.29, 1.82) is 0 Å². The van der Waals surface area contributed by atoms with Gasteiger partial charge in [-0.3, -0.25) is 4.40 Å². The molecule has 0 fully saturated rings. The Labute approximate surface area is 96.7 Å². The predicted octanol–water partition coefficient (Wildman–Crippen LogP) is 1.89. The molecule has 0 aromatic carbocycles. The molecule has 0 saturated heterocycles. The first-order valence-corrected chi connectivity index (χ1v) is 6.06. The van der Waals surface area contributed by atoms with Crippen LogP contribution in [0.3, 0.4) is 0 Å². The summed E-state index contributed by atoms with van der Waals surface area (Å²) in [4.78, 5) is 8.75. The number of rotatable bonds is 3. The molecule has 3 rings (SSSR count). The Morgan fingerprint density at radius 1 is 1.50 bits per heavy atom. The zero-order valence-corrected chi connectivity index (χ0v) is 9.50. The van der Waals surface area contributed by atoms with Gasteiger partial charge in [0.15, 0.2) is 4.96 Å². The molecule has 0 aliphatic carbocycles. The standard InChI is InChI=1S/C11H12N4S/c12-4-3-8-7-16-11-14-10(6-15(8)11)9-2-1-5-13-9/h1-2,5-7,13H,3-4,12H2. The fourth-order valence-corrected chi connectivity index (χ4v) is 2.68. The molecule has 16 heavy (non-hydrogen) atoms. The van der Waals surface area contributed by atoms with Crippen LogP contribution in [0, 0.1) is 0 Å². The molecule has 0 aliphatic heterocycles. The van der Waals surface area contributed by atoms with Gasteiger partial charge in [-0.05, 0) is 18.7 Å². The lowest BCUT2D eigenvalue weighted by molar-refractivity contribution is 0.909. The van der Waals surface area contributed by atoms with E-state index in [2.05, 4.69) is 25.9 Å². The highest BCUT2D eigenvalue weighted by Crippen LogP contribution is 2.22. The van der Waals surface area contributed by atoms with Gasteiger partial charge in [0.1, 0.15) is 5.69 Å². The number of nitrogens with two attached hydrogens (primary N) is 1. The molecule has 0 bridgehead atoms. The zero-order valence-electron chi connectivity index (χ0n) is 8.68. The summed E-state index contributed by atoms with van der Waals surface area (Å²) in [6.07, 6.45) is 4.85. The number of fused-ring (bicyclic) bond motifs is 1. The minimum Gasteiger partial charge on any atom is -0.360 e. The summed E-state index contributed by atoms with van der Waals surface area (Å²) >= 11 is 1.65. The van der Waals surface area contributed by atoms with Gasteiger partial charge in [-0.1, -0.05) is 0 Å². The van der Waals surface area contributed by atoms with E-state index in [-0.39, 0.29) is 0 Å². The number of imidazole rings is 1. The maximum atomic E-state index is 5.58. The molecule has 0 atom stereocenters. The van der Waals surface area contributed by atoms with Crippen LogP contribution in [0.2, 0.25) is 0 Å². The fraction of sp³-hybridized carbons (Fsp3) is 0.182. The van der Waals surface area contributed by atoms with E-state index in [1.54, 1.807) is 11.3 Å². The van der Waals surface area contributed by atoms with Gasteiger partial charge in [0.05, 0.1) is 5.69 Å². The van der Waals surface area contributed by atoms with E-state index in [9.17, 15) is 0 Å². The van der Waals surface area contributed by atoms with Crippen LogP contribution in [-0.2, 0) is 6.42 Å². The molecule has 4 nitrogen and oxygen atoms in total. The lowest BCUT2D eigenvalue weighted by Crippen LogP contribution is -2.04. The third-order valence-corrected chi connectivity index (χ3v) is 3.45. The molecule has 3 aromatic rings. The first-order chi connectivity index (χ1) is 7.88. The first kappa shape index (κ1) is 9.62. The van der Waals surface area contributed by atoms with Crippen LogP contribution >= 0.6 is 11.3 Å². The fourth-order valence-electron chi connectivity index (χ4n) is 1.78. The van der Waals surface area contributed by atoms with Crippen molar-refractivity contribution in [2.24, 2.45) is 5.73 Å². The van der Waals surface area contributed by atoms with Gasteiger partial charge >= 0.3 is 0 Å². The molecule has 0 aliphatic rings. The second-order valence-corrected chi connectivity index (χ2v) is 4.46. The van der Waals surface area contributed by atoms with Crippen LogP contribution in [-0.4, -0.2) is 20.9 Å². The van der Waals surface area contributed by atoms with Crippen LogP contribution in [0.1, 0.15) is 5.69 Å². The van der Waals surface area contributed by atoms with Crippen molar-refractivity contribution in [3.05, 3.63) is 35.6 Å². The smallest absolute Gasteiger partial charge is 0.194 e. The Balaban J connectivity index is 2.09. The van der Waals surface area contributed by atoms with Gasteiger partial charge < -0.3 is 10.7 Å². The Kier molecular flexibility index (Phi) is 2.27. The van der Waals surface area contributed by atoms with E-state index < -0.39 is 0 Å². The molecule has 5 heteroatoms. The average Bonchev–Trinajstić information content (AvgIpc) is 2.93. The molecule has 82 valence electrons. The summed E-state index contributed by atoms with van der Waals surface area (Å²) in [6, 6.07) is 4.00. The second kappa shape index (κ2) is 3.77. The number of thiazole rings is 1. The van der Waals surface area contributed by atoms with Crippen molar-refractivity contribution < 1.29 is 0 Å². The maximum Gasteiger partial charge on any atom is 0.194 e. The number of hydrogen-bond acceptors (Lipinski definition) is 3. The summed E-state index contributed by atoms with van der Waals surface area (Å²) in [6.45, 7) is 0.669. The molecule has 0 unspecified atom stereocenters. The third kappa shape index (κ3) is 1.45. The Hall–Kier alpha value is -1.59. The monoisotopic (exact) mass is 232 g/mol. The van der Waals surface area contributed by atoms with Crippen molar-refractivity contribution in [3.8, 4) is 11.4 Å². The number of H-pyrrole nitrogens is 1. The van der Waals surface area contributed by atoms with Crippen LogP contribution in [0.4, 0.5) is 0 Å². The van der Waals surface area contributed by atoms with Gasteiger partial charge in [-0.25, -0.2) is 4.98 Å². The Morgan fingerprint density at radius 2 is 2.44 bits per heavy atom. The van der Waals surface area contributed by atoms with Crippen LogP contribution in [0.15, 0.2) is 29.9 Å². The SMILES string of the molecule is NCCc1csc2nc(-c3ccc[nH]3)cn12. The van der Waals surface area contributed by atoms with Gasteiger partial charge in [0, 0.05) is 29.9 Å². The highest BCUT2D eigenvalue weighted by Gasteiger charge is 2.09. The number of aromatic amines is 1. The normalized spacial score (nSPS) is 11.3. The van der Waals surface area contributed by atoms with Gasteiger partial charge in [-0.15, -0.1) is 11.3 Å². The lowest BCUT2D eigenvalue weighted by Gasteiger charge is -1.94. The van der Waals surface area contributed by atoms with Gasteiger partial charge in [-0.2, -0.15) is 0 Å². The summed E-state index contributed by atoms with van der Waals surface area (Å²) in [5, 5.41) is 2.12. The first-order valence-electron chi connectivity index (χ1n) is 5.18. The number of hydrogen-bond donors (Lipinski definition) is 2. The Morgan fingerprint density at radius 3 is 3.19 bits per heavy atom. The van der Waals surface area contributed by atoms with E-state index in [1.807, 2.05) is 18.3 Å². The number of aromatic nitrogens is 3. The molecule has 3 aromatic heterocycles. The molecule has 0 spiro atoms. The van der Waals surface area contributed by atoms with Crippen molar-refractivity contribution in [3.63, 3.8) is 0 Å². The molecule has 3 heterocycles. The second-order valence-electron chi connectivity index (χ2n) is 3.63. The lowest BCUT2D eigenvalue weighted by atomic mass is 10.3. The predicted molar refractivity (Wildman–Crippen MR) is 65.6 cm³/mol. The van der Waals surface area contributed by atoms with Crippen molar-refractivity contribution in [2.75, 3.05) is 6.54 Å². The van der Waals surface area contributed by atoms with Crippen LogP contribution in [0.5, 0.6) is 0 Å². The van der Waals surface area contributed by atoms with E-state index in [0.717, 1.165) is 22.8 Å². The van der Waals surface area contributed by atoms with Crippen molar-refractivity contribution in [1.82, 2.24) is 14.4 Å². The minimum atomic E-state index is 0.669. The van der Waals surface area contributed by atoms with E-state index in [4.69, 9.17) is 5.73 Å². The topological polar surface area (TPSA) is 59.1 Å². The molecular formula is C11H12N4S. The minimum absolute atomic E-state index is 0.669. The molecule has 0 saturated carbocycles. The third-order valence-electron chi connectivity index (χ3n) is 2.56. The number of nitrogens with one attached hydrogen (secondary N) is 1. The zero-order chi connectivity index (χ0) is 11.0. The van der Waals surface area contributed by atoms with Crippen LogP contribution in [0.25, 0.3) is 16.3 Å². The average molecular weight is 232 g/mol. The summed E-state index contributed by atoms with van der Waals surface area (Å²) in [5.74, 6) is 0. The highest BCUT2D eigenvalue weighted by molar-refractivity contribution is 7.15. The van der Waals surface area contributed by atoms with E-state index in [1.165, 1.54) is 5.69 Å². The summed E-state index contributed by atoms with van der Waals surface area (Å²) < 4.78 is 2.12. The van der Waals surface area contributed by atoms with E-state index >= 15 is 0 Å². The molecule has 0 radical (unpaired) electrons. The molecule has 0 amide bonds. The van der Waals surface area contributed by atoms with Crippen molar-refractivity contribution in [2.45, 2.75) is 6.42 Å². The largest absolute Gasteiger partial charge is 0.360 e. The van der Waals surface area contributed by atoms with Gasteiger partial charge in [0.25, 0.3) is 0 Å². The number of nitrogens with zero attached hydrogens (tertiary/aromatic N) is 2. The van der Waals surface area contributed by atoms with E-state index in [0.29, 0.717) is 6.54 Å². The molecule has 3 N–H and O–H groups in total. The maximum absolute atomic E-state index is 5.58. The van der Waals surface area contributed by atoms with Crippen LogP contribution < -0.4 is 5.73 Å². The Bertz CT molecular complexity index is 591. The quantitative estimate of drug-likeness (QED) is 0.724. The molecular weight excluding hydrogens is 220 g/mol.